The average Bonchev–Trinajstić information content (AvgIpc) is 3.10. The van der Waals surface area contributed by atoms with Gasteiger partial charge in [0.15, 0.2) is 5.69 Å². The Morgan fingerprint density at radius 1 is 1.38 bits per heavy atom. The Kier molecular flexibility index (Phi) is 3.68. The second-order valence-electron chi connectivity index (χ2n) is 4.58. The summed E-state index contributed by atoms with van der Waals surface area (Å²) in [5.74, 6) is -1.06. The highest BCUT2D eigenvalue weighted by Gasteiger charge is 2.16. The van der Waals surface area contributed by atoms with Gasteiger partial charge in [-0.2, -0.15) is 5.10 Å². The molecule has 3 rings (SSSR count). The van der Waals surface area contributed by atoms with E-state index in [1.54, 1.807) is 16.4 Å². The van der Waals surface area contributed by atoms with Gasteiger partial charge in [0.2, 0.25) is 0 Å². The van der Waals surface area contributed by atoms with E-state index in [-0.39, 0.29) is 12.3 Å². The highest BCUT2D eigenvalue weighted by molar-refractivity contribution is 7.16. The summed E-state index contributed by atoms with van der Waals surface area (Å²) in [6.45, 7) is 0.0249. The largest absolute Gasteiger partial charge is 0.476 e. The lowest BCUT2D eigenvalue weighted by Gasteiger charge is -2.00. The fraction of sp³-hybridized carbons (Fsp3) is 0.214. The third-order valence-electron chi connectivity index (χ3n) is 3.18. The van der Waals surface area contributed by atoms with Crippen LogP contribution in [0.4, 0.5) is 0 Å². The summed E-state index contributed by atoms with van der Waals surface area (Å²) in [6.07, 6.45) is 2.71. The Morgan fingerprint density at radius 3 is 3.00 bits per heavy atom. The van der Waals surface area contributed by atoms with Crippen LogP contribution in [0.1, 0.15) is 22.5 Å². The van der Waals surface area contributed by atoms with E-state index in [1.165, 1.54) is 11.3 Å². The predicted molar refractivity (Wildman–Crippen MR) is 79.1 cm³/mol. The van der Waals surface area contributed by atoms with Crippen LogP contribution >= 0.6 is 11.3 Å². The van der Waals surface area contributed by atoms with Crippen LogP contribution in [0.5, 0.6) is 0 Å². The molecule has 0 spiro atoms. The molecule has 0 aliphatic heterocycles. The molecule has 0 atom stereocenters. The van der Waals surface area contributed by atoms with Gasteiger partial charge in [-0.15, -0.1) is 11.3 Å². The van der Waals surface area contributed by atoms with Crippen LogP contribution in [0.2, 0.25) is 0 Å². The van der Waals surface area contributed by atoms with Crippen LogP contribution in [0.25, 0.3) is 15.9 Å². The number of carbonyl (C=O) groups is 1. The number of fused-ring (bicyclic) bond motifs is 1. The molecular formula is C14H13N3O3S. The van der Waals surface area contributed by atoms with Crippen LogP contribution in [0.15, 0.2) is 29.9 Å². The molecule has 2 N–H and O–H groups in total. The Hall–Kier alpha value is -2.25. The third kappa shape index (κ3) is 2.65. The van der Waals surface area contributed by atoms with Gasteiger partial charge < -0.3 is 10.2 Å². The van der Waals surface area contributed by atoms with Gasteiger partial charge in [-0.1, -0.05) is 0 Å². The van der Waals surface area contributed by atoms with Crippen molar-refractivity contribution in [1.82, 2.24) is 14.8 Å². The topological polar surface area (TPSA) is 88.2 Å². The van der Waals surface area contributed by atoms with E-state index in [9.17, 15) is 9.90 Å². The first-order chi connectivity index (χ1) is 10.2. The van der Waals surface area contributed by atoms with Gasteiger partial charge >= 0.3 is 5.97 Å². The molecule has 0 bridgehead atoms. The Morgan fingerprint density at radius 2 is 2.24 bits per heavy atom. The molecule has 0 aliphatic rings. The third-order valence-corrected chi connectivity index (χ3v) is 3.97. The summed E-state index contributed by atoms with van der Waals surface area (Å²) in [4.78, 5) is 15.5. The molecule has 2 aromatic heterocycles. The molecule has 0 aliphatic carbocycles. The van der Waals surface area contributed by atoms with Crippen molar-refractivity contribution in [3.05, 3.63) is 41.2 Å². The van der Waals surface area contributed by atoms with E-state index in [2.05, 4.69) is 10.1 Å². The zero-order valence-electron chi connectivity index (χ0n) is 11.1. The lowest BCUT2D eigenvalue weighted by atomic mass is 10.1. The maximum Gasteiger partial charge on any atom is 0.356 e. The van der Waals surface area contributed by atoms with Crippen molar-refractivity contribution in [2.45, 2.75) is 12.8 Å². The number of aromatic carboxylic acids is 1. The maximum atomic E-state index is 11.3. The first-order valence-electron chi connectivity index (χ1n) is 6.45. The van der Waals surface area contributed by atoms with E-state index in [0.717, 1.165) is 15.9 Å². The number of aliphatic hydroxyl groups excluding tert-OH is 1. The van der Waals surface area contributed by atoms with Crippen molar-refractivity contribution in [2.24, 2.45) is 0 Å². The van der Waals surface area contributed by atoms with E-state index in [0.29, 0.717) is 18.4 Å². The number of aliphatic hydroxyl groups is 1. The summed E-state index contributed by atoms with van der Waals surface area (Å²) < 4.78 is 2.59. The molecule has 0 fully saturated rings. The van der Waals surface area contributed by atoms with Crippen molar-refractivity contribution in [3.63, 3.8) is 0 Å². The van der Waals surface area contributed by atoms with Crippen LogP contribution in [0, 0.1) is 0 Å². The number of nitrogens with zero attached hydrogens (tertiary/aromatic N) is 3. The normalized spacial score (nSPS) is 11.1. The molecule has 1 aromatic carbocycles. The number of rotatable bonds is 5. The fourth-order valence-corrected chi connectivity index (χ4v) is 2.87. The molecule has 0 saturated carbocycles. The molecular weight excluding hydrogens is 290 g/mol. The summed E-state index contributed by atoms with van der Waals surface area (Å²) >= 11 is 1.53. The standard InChI is InChI=1S/C14H13N3O3S/c18-5-1-2-9-7-17(16-13(9)14(19)20)10-3-4-11-12(6-10)21-8-15-11/h3-4,6-8,18H,1-2,5H2,(H,19,20). The number of hydrogen-bond acceptors (Lipinski definition) is 5. The van der Waals surface area contributed by atoms with Crippen LogP contribution < -0.4 is 0 Å². The molecule has 6 nitrogen and oxygen atoms in total. The maximum absolute atomic E-state index is 11.3. The van der Waals surface area contributed by atoms with Crippen LogP contribution in [-0.2, 0) is 6.42 Å². The highest BCUT2D eigenvalue weighted by Crippen LogP contribution is 2.22. The highest BCUT2D eigenvalue weighted by atomic mass is 32.1. The minimum atomic E-state index is -1.06. The minimum absolute atomic E-state index is 0.0249. The summed E-state index contributed by atoms with van der Waals surface area (Å²) in [5.41, 5.74) is 4.14. The molecule has 21 heavy (non-hydrogen) atoms. The van der Waals surface area contributed by atoms with E-state index in [4.69, 9.17) is 5.11 Å². The van der Waals surface area contributed by atoms with E-state index in [1.807, 2.05) is 18.2 Å². The van der Waals surface area contributed by atoms with Crippen molar-refractivity contribution < 1.29 is 15.0 Å². The fourth-order valence-electron chi connectivity index (χ4n) is 2.16. The Balaban J connectivity index is 2.02. The lowest BCUT2D eigenvalue weighted by molar-refractivity contribution is 0.0688. The van der Waals surface area contributed by atoms with E-state index < -0.39 is 5.97 Å². The lowest BCUT2D eigenvalue weighted by Crippen LogP contribution is -2.03. The van der Waals surface area contributed by atoms with Crippen LogP contribution in [-0.4, -0.2) is 37.6 Å². The average molecular weight is 303 g/mol. The molecule has 3 aromatic rings. The van der Waals surface area contributed by atoms with Crippen molar-refractivity contribution in [1.29, 1.82) is 0 Å². The molecule has 108 valence electrons. The number of thiazole rings is 1. The number of hydrogen-bond donors (Lipinski definition) is 2. The van der Waals surface area contributed by atoms with Gasteiger partial charge in [0.25, 0.3) is 0 Å². The molecule has 2 heterocycles. The van der Waals surface area contributed by atoms with Gasteiger partial charge in [-0.3, -0.25) is 0 Å². The summed E-state index contributed by atoms with van der Waals surface area (Å²) in [5, 5.41) is 22.3. The molecule has 0 amide bonds. The quantitative estimate of drug-likeness (QED) is 0.753. The first kappa shape index (κ1) is 13.7. The van der Waals surface area contributed by atoms with Gasteiger partial charge in [0.05, 0.1) is 21.4 Å². The zero-order valence-corrected chi connectivity index (χ0v) is 11.9. The second kappa shape index (κ2) is 5.63. The monoisotopic (exact) mass is 303 g/mol. The van der Waals surface area contributed by atoms with Gasteiger partial charge in [-0.05, 0) is 31.0 Å². The first-order valence-corrected chi connectivity index (χ1v) is 7.33. The van der Waals surface area contributed by atoms with Crippen molar-refractivity contribution >= 4 is 27.5 Å². The Labute approximate surface area is 124 Å². The number of aromatic nitrogens is 3. The zero-order chi connectivity index (χ0) is 14.8. The molecule has 0 unspecified atom stereocenters. The molecule has 0 radical (unpaired) electrons. The van der Waals surface area contributed by atoms with E-state index >= 15 is 0 Å². The van der Waals surface area contributed by atoms with Crippen molar-refractivity contribution in [2.75, 3.05) is 6.61 Å². The number of carboxylic acid groups (broad SMARTS) is 1. The number of benzene rings is 1. The van der Waals surface area contributed by atoms with Crippen LogP contribution in [0.3, 0.4) is 0 Å². The minimum Gasteiger partial charge on any atom is -0.476 e. The van der Waals surface area contributed by atoms with Gasteiger partial charge in [0, 0.05) is 18.4 Å². The second-order valence-corrected chi connectivity index (χ2v) is 5.47. The SMILES string of the molecule is O=C(O)c1nn(-c2ccc3ncsc3c2)cc1CCCO. The van der Waals surface area contributed by atoms with Gasteiger partial charge in [0.1, 0.15) is 0 Å². The molecule has 7 heteroatoms. The molecule has 0 saturated heterocycles. The summed E-state index contributed by atoms with van der Waals surface area (Å²) in [7, 11) is 0. The Bertz CT molecular complexity index is 794. The van der Waals surface area contributed by atoms with Crippen molar-refractivity contribution in [3.8, 4) is 5.69 Å². The smallest absolute Gasteiger partial charge is 0.356 e. The predicted octanol–water partition coefficient (Wildman–Crippen LogP) is 2.11. The summed E-state index contributed by atoms with van der Waals surface area (Å²) in [6, 6.07) is 5.68. The number of aryl methyl sites for hydroxylation is 1. The van der Waals surface area contributed by atoms with Gasteiger partial charge in [-0.25, -0.2) is 14.5 Å². The number of carboxylic acids is 1.